The number of halogens is 1. The third kappa shape index (κ3) is 3.38. The van der Waals surface area contributed by atoms with Crippen molar-refractivity contribution in [2.75, 3.05) is 41.3 Å². The largest absolute Gasteiger partial charge is 0.368 e. The van der Waals surface area contributed by atoms with Gasteiger partial charge in [0.25, 0.3) is 0 Å². The van der Waals surface area contributed by atoms with Crippen molar-refractivity contribution in [1.29, 1.82) is 0 Å². The molecule has 0 aliphatic carbocycles. The minimum atomic E-state index is -0.463. The summed E-state index contributed by atoms with van der Waals surface area (Å²) >= 11 is 0. The van der Waals surface area contributed by atoms with E-state index in [2.05, 4.69) is 32.5 Å². The number of nitrogens with one attached hydrogen (secondary N) is 2. The number of hydrogen-bond acceptors (Lipinski definition) is 5. The van der Waals surface area contributed by atoms with Gasteiger partial charge < -0.3 is 15.5 Å². The molecular weight excluding hydrogens is 397 g/mol. The molecule has 2 amide bonds. The van der Waals surface area contributed by atoms with Crippen LogP contribution in [0.5, 0.6) is 0 Å². The number of benzene rings is 1. The Morgan fingerprint density at radius 3 is 3.00 bits per heavy atom. The Morgan fingerprint density at radius 1 is 1.35 bits per heavy atom. The van der Waals surface area contributed by atoms with Gasteiger partial charge in [0.15, 0.2) is 5.82 Å². The molecule has 2 aliphatic heterocycles. The Hall–Kier alpha value is -3.20. The van der Waals surface area contributed by atoms with Crippen molar-refractivity contribution >= 4 is 34.1 Å². The normalized spacial score (nSPS) is 18.5. The Kier molecular flexibility index (Phi) is 4.77. The molecule has 0 unspecified atom stereocenters. The molecule has 3 aromatic rings. The molecule has 0 radical (unpaired) electrons. The standard InChI is InChI=1S/C22H26FN7O/c1-13-11-29(9-7-24-13)18-4-6-25-21-16(18)5-8-30(21)22(31)26-17-10-15-12-28(3)27-20(15)14(2)19(17)23/h4,6,10,12-13,24H,5,7-9,11H2,1-3H3,(H,26,31)/t13-/m0/s1. The number of hydrogen-bond donors (Lipinski definition) is 2. The molecule has 9 heteroatoms. The van der Waals surface area contributed by atoms with Crippen LogP contribution in [0.3, 0.4) is 0 Å². The Labute approximate surface area is 180 Å². The van der Waals surface area contributed by atoms with Crippen molar-refractivity contribution in [1.82, 2.24) is 20.1 Å². The topological polar surface area (TPSA) is 78.3 Å². The maximum Gasteiger partial charge on any atom is 0.327 e. The molecule has 2 aliphatic rings. The molecule has 1 saturated heterocycles. The van der Waals surface area contributed by atoms with Gasteiger partial charge in [-0.2, -0.15) is 5.10 Å². The molecule has 5 rings (SSSR count). The smallest absolute Gasteiger partial charge is 0.327 e. The quantitative estimate of drug-likeness (QED) is 0.663. The monoisotopic (exact) mass is 423 g/mol. The van der Waals surface area contributed by atoms with Crippen LogP contribution in [0.1, 0.15) is 18.1 Å². The van der Waals surface area contributed by atoms with Crippen LogP contribution in [0.25, 0.3) is 10.9 Å². The van der Waals surface area contributed by atoms with Gasteiger partial charge in [0.05, 0.1) is 11.2 Å². The van der Waals surface area contributed by atoms with Gasteiger partial charge in [-0.25, -0.2) is 14.2 Å². The van der Waals surface area contributed by atoms with E-state index in [-0.39, 0.29) is 11.7 Å². The molecule has 0 bridgehead atoms. The van der Waals surface area contributed by atoms with Crippen molar-refractivity contribution < 1.29 is 9.18 Å². The number of urea groups is 1. The Bertz CT molecular complexity index is 1170. The minimum absolute atomic E-state index is 0.156. The predicted molar refractivity (Wildman–Crippen MR) is 119 cm³/mol. The van der Waals surface area contributed by atoms with Crippen molar-refractivity contribution in [3.05, 3.63) is 41.5 Å². The lowest BCUT2D eigenvalue weighted by Gasteiger charge is -2.34. The second-order valence-corrected chi connectivity index (χ2v) is 8.37. The summed E-state index contributed by atoms with van der Waals surface area (Å²) in [5.41, 5.74) is 3.38. The average molecular weight is 423 g/mol. The maximum atomic E-state index is 14.9. The van der Waals surface area contributed by atoms with Crippen LogP contribution < -0.4 is 20.4 Å². The van der Waals surface area contributed by atoms with Gasteiger partial charge in [-0.3, -0.25) is 9.58 Å². The van der Waals surface area contributed by atoms with E-state index in [0.29, 0.717) is 29.5 Å². The van der Waals surface area contributed by atoms with Crippen LogP contribution in [0.4, 0.5) is 26.4 Å². The molecule has 31 heavy (non-hydrogen) atoms. The zero-order chi connectivity index (χ0) is 21.7. The number of aromatic nitrogens is 3. The van der Waals surface area contributed by atoms with E-state index in [9.17, 15) is 9.18 Å². The number of nitrogens with zero attached hydrogens (tertiary/aromatic N) is 5. The van der Waals surface area contributed by atoms with E-state index in [4.69, 9.17) is 0 Å². The Morgan fingerprint density at radius 2 is 2.19 bits per heavy atom. The summed E-state index contributed by atoms with van der Waals surface area (Å²) in [5, 5.41) is 11.3. The molecule has 1 atom stereocenters. The fourth-order valence-electron chi connectivity index (χ4n) is 4.62. The van der Waals surface area contributed by atoms with Gasteiger partial charge in [0, 0.05) is 73.9 Å². The highest BCUT2D eigenvalue weighted by Crippen LogP contribution is 2.35. The van der Waals surface area contributed by atoms with Crippen LogP contribution in [-0.4, -0.2) is 53.0 Å². The number of aryl methyl sites for hydroxylation is 2. The first kappa shape index (κ1) is 19.7. The summed E-state index contributed by atoms with van der Waals surface area (Å²) in [6.07, 6.45) is 4.29. The van der Waals surface area contributed by atoms with E-state index >= 15 is 0 Å². The summed E-state index contributed by atoms with van der Waals surface area (Å²) in [6, 6.07) is 3.69. The number of piperazine rings is 1. The summed E-state index contributed by atoms with van der Waals surface area (Å²) in [6.45, 7) is 7.12. The average Bonchev–Trinajstić information content (AvgIpc) is 3.35. The number of rotatable bonds is 2. The first-order valence-electron chi connectivity index (χ1n) is 10.6. The SMILES string of the molecule is Cc1c(F)c(NC(=O)N2CCc3c(N4CCN[C@@H](C)C4)ccnc32)cc2cn(C)nc12. The first-order valence-corrected chi connectivity index (χ1v) is 10.6. The van der Waals surface area contributed by atoms with Gasteiger partial charge in [-0.15, -0.1) is 0 Å². The highest BCUT2D eigenvalue weighted by Gasteiger charge is 2.31. The maximum absolute atomic E-state index is 14.9. The van der Waals surface area contributed by atoms with Crippen LogP contribution in [0.2, 0.25) is 0 Å². The van der Waals surface area contributed by atoms with E-state index in [1.54, 1.807) is 35.8 Å². The number of fused-ring (bicyclic) bond motifs is 2. The molecule has 0 saturated carbocycles. The number of carbonyl (C=O) groups excluding carboxylic acids is 1. The fourth-order valence-corrected chi connectivity index (χ4v) is 4.62. The predicted octanol–water partition coefficient (Wildman–Crippen LogP) is 2.81. The molecule has 4 heterocycles. The van der Waals surface area contributed by atoms with Crippen molar-refractivity contribution in [2.45, 2.75) is 26.3 Å². The van der Waals surface area contributed by atoms with E-state index in [1.165, 1.54) is 0 Å². The molecule has 0 spiro atoms. The molecule has 8 nitrogen and oxygen atoms in total. The van der Waals surface area contributed by atoms with Gasteiger partial charge in [0.1, 0.15) is 5.82 Å². The minimum Gasteiger partial charge on any atom is -0.368 e. The lowest BCUT2D eigenvalue weighted by Crippen LogP contribution is -2.49. The number of amides is 2. The van der Waals surface area contributed by atoms with E-state index in [0.717, 1.165) is 42.7 Å². The van der Waals surface area contributed by atoms with Crippen molar-refractivity contribution in [2.24, 2.45) is 7.05 Å². The second kappa shape index (κ2) is 7.49. The number of pyridine rings is 1. The van der Waals surface area contributed by atoms with Gasteiger partial charge in [-0.1, -0.05) is 0 Å². The van der Waals surface area contributed by atoms with Crippen LogP contribution >= 0.6 is 0 Å². The zero-order valence-electron chi connectivity index (χ0n) is 17.9. The first-order chi connectivity index (χ1) is 14.9. The lowest BCUT2D eigenvalue weighted by atomic mass is 10.1. The number of anilines is 3. The van der Waals surface area contributed by atoms with Crippen LogP contribution in [0.15, 0.2) is 24.5 Å². The van der Waals surface area contributed by atoms with Crippen LogP contribution in [-0.2, 0) is 13.5 Å². The van der Waals surface area contributed by atoms with Gasteiger partial charge >= 0.3 is 6.03 Å². The van der Waals surface area contributed by atoms with Crippen LogP contribution in [0, 0.1) is 12.7 Å². The summed E-state index contributed by atoms with van der Waals surface area (Å²) in [7, 11) is 1.79. The molecule has 162 valence electrons. The zero-order valence-corrected chi connectivity index (χ0v) is 17.9. The van der Waals surface area contributed by atoms with Crippen molar-refractivity contribution in [3.8, 4) is 0 Å². The highest BCUT2D eigenvalue weighted by atomic mass is 19.1. The molecule has 2 N–H and O–H groups in total. The molecule has 1 aromatic carbocycles. The third-order valence-electron chi connectivity index (χ3n) is 6.12. The molecular formula is C22H26FN7O. The molecule has 1 fully saturated rings. The van der Waals surface area contributed by atoms with Gasteiger partial charge in [-0.05, 0) is 32.4 Å². The summed E-state index contributed by atoms with van der Waals surface area (Å²) in [5.74, 6) is 0.191. The van der Waals surface area contributed by atoms with E-state index in [1.807, 2.05) is 12.3 Å². The second-order valence-electron chi connectivity index (χ2n) is 8.37. The van der Waals surface area contributed by atoms with E-state index < -0.39 is 5.82 Å². The summed E-state index contributed by atoms with van der Waals surface area (Å²) < 4.78 is 16.6. The summed E-state index contributed by atoms with van der Waals surface area (Å²) in [4.78, 5) is 21.5. The van der Waals surface area contributed by atoms with Gasteiger partial charge in [0.2, 0.25) is 0 Å². The molecule has 2 aromatic heterocycles. The van der Waals surface area contributed by atoms with Crippen molar-refractivity contribution in [3.63, 3.8) is 0 Å². The fraction of sp³-hybridized carbons (Fsp3) is 0.409. The lowest BCUT2D eigenvalue weighted by molar-refractivity contribution is 0.257. The highest BCUT2D eigenvalue weighted by molar-refractivity contribution is 6.04. The number of carbonyl (C=O) groups is 1. The third-order valence-corrected chi connectivity index (χ3v) is 6.12. The Balaban J connectivity index is 1.42.